The normalized spacial score (nSPS) is 10.1. The SMILES string of the molecule is CCOC(=O)CC(SCC(=O)OC)SCC(=O)OC. The maximum absolute atomic E-state index is 11.4. The van der Waals surface area contributed by atoms with Gasteiger partial charge in [0.15, 0.2) is 0 Å². The van der Waals surface area contributed by atoms with Crippen molar-refractivity contribution in [2.45, 2.75) is 17.9 Å². The monoisotopic (exact) mass is 310 g/mol. The fraction of sp³-hybridized carbons (Fsp3) is 0.727. The number of hydrogen-bond donors (Lipinski definition) is 0. The van der Waals surface area contributed by atoms with E-state index in [4.69, 9.17) is 4.74 Å². The molecule has 0 aromatic heterocycles. The number of hydrogen-bond acceptors (Lipinski definition) is 8. The van der Waals surface area contributed by atoms with Crippen LogP contribution in [0.3, 0.4) is 0 Å². The zero-order chi connectivity index (χ0) is 14.7. The van der Waals surface area contributed by atoms with Gasteiger partial charge >= 0.3 is 17.9 Å². The van der Waals surface area contributed by atoms with Crippen LogP contribution in [0.4, 0.5) is 0 Å². The average molecular weight is 310 g/mol. The Morgan fingerprint density at radius 3 is 1.79 bits per heavy atom. The summed E-state index contributed by atoms with van der Waals surface area (Å²) >= 11 is 2.48. The van der Waals surface area contributed by atoms with E-state index in [0.717, 1.165) is 0 Å². The highest BCUT2D eigenvalue weighted by Crippen LogP contribution is 2.27. The Bertz CT molecular complexity index is 288. The fourth-order valence-electron chi connectivity index (χ4n) is 0.962. The van der Waals surface area contributed by atoms with Crippen molar-refractivity contribution in [3.05, 3.63) is 0 Å². The van der Waals surface area contributed by atoms with Crippen LogP contribution < -0.4 is 0 Å². The predicted octanol–water partition coefficient (Wildman–Crippen LogP) is 1.08. The van der Waals surface area contributed by atoms with Gasteiger partial charge in [0.2, 0.25) is 0 Å². The van der Waals surface area contributed by atoms with Crippen LogP contribution in [-0.4, -0.2) is 54.8 Å². The molecule has 0 N–H and O–H groups in total. The highest BCUT2D eigenvalue weighted by Gasteiger charge is 2.19. The minimum Gasteiger partial charge on any atom is -0.468 e. The molecule has 0 unspecified atom stereocenters. The molecule has 19 heavy (non-hydrogen) atoms. The van der Waals surface area contributed by atoms with E-state index in [2.05, 4.69) is 9.47 Å². The molecule has 0 aliphatic carbocycles. The van der Waals surface area contributed by atoms with Crippen molar-refractivity contribution in [2.24, 2.45) is 0 Å². The van der Waals surface area contributed by atoms with Crippen molar-refractivity contribution >= 4 is 41.4 Å². The van der Waals surface area contributed by atoms with E-state index in [1.54, 1.807) is 6.92 Å². The quantitative estimate of drug-likeness (QED) is 0.355. The number of carbonyl (C=O) groups excluding carboxylic acids is 3. The van der Waals surface area contributed by atoms with Gasteiger partial charge in [0.1, 0.15) is 0 Å². The van der Waals surface area contributed by atoms with Gasteiger partial charge in [-0.1, -0.05) is 0 Å². The number of methoxy groups -OCH3 is 2. The summed E-state index contributed by atoms with van der Waals surface area (Å²) in [5, 5.41) is 0. The number of ether oxygens (including phenoxy) is 3. The van der Waals surface area contributed by atoms with Crippen LogP contribution >= 0.6 is 23.5 Å². The highest BCUT2D eigenvalue weighted by molar-refractivity contribution is 8.17. The van der Waals surface area contributed by atoms with E-state index in [-0.39, 0.29) is 40.4 Å². The Kier molecular flexibility index (Phi) is 10.5. The molecule has 0 spiro atoms. The molecular weight excluding hydrogens is 292 g/mol. The molecule has 0 aromatic rings. The molecule has 0 aromatic carbocycles. The van der Waals surface area contributed by atoms with Gasteiger partial charge in [0.25, 0.3) is 0 Å². The van der Waals surface area contributed by atoms with Crippen LogP contribution in [-0.2, 0) is 28.6 Å². The van der Waals surface area contributed by atoms with Gasteiger partial charge in [-0.05, 0) is 6.92 Å². The molecule has 0 atom stereocenters. The number of carbonyl (C=O) groups is 3. The fourth-order valence-corrected chi connectivity index (χ4v) is 3.14. The Morgan fingerprint density at radius 1 is 0.947 bits per heavy atom. The lowest BCUT2D eigenvalue weighted by molar-refractivity contribution is -0.143. The second kappa shape index (κ2) is 11.0. The third-order valence-corrected chi connectivity index (χ3v) is 4.57. The highest BCUT2D eigenvalue weighted by atomic mass is 32.2. The second-order valence-corrected chi connectivity index (χ2v) is 5.89. The van der Waals surface area contributed by atoms with E-state index < -0.39 is 0 Å². The van der Waals surface area contributed by atoms with Crippen molar-refractivity contribution in [1.82, 2.24) is 0 Å². The summed E-state index contributed by atoms with van der Waals surface area (Å²) in [6, 6.07) is 0. The zero-order valence-electron chi connectivity index (χ0n) is 11.2. The Morgan fingerprint density at radius 2 is 1.42 bits per heavy atom. The first-order valence-corrected chi connectivity index (χ1v) is 7.65. The van der Waals surface area contributed by atoms with Crippen molar-refractivity contribution in [3.63, 3.8) is 0 Å². The van der Waals surface area contributed by atoms with Gasteiger partial charge in [0.05, 0.1) is 43.3 Å². The summed E-state index contributed by atoms with van der Waals surface area (Å²) in [5.74, 6) is -0.874. The summed E-state index contributed by atoms with van der Waals surface area (Å²) in [6.07, 6.45) is 0.122. The maximum Gasteiger partial charge on any atom is 0.315 e. The molecule has 0 heterocycles. The first-order valence-electron chi connectivity index (χ1n) is 5.55. The second-order valence-electron chi connectivity index (χ2n) is 3.21. The van der Waals surface area contributed by atoms with Gasteiger partial charge in [0, 0.05) is 0 Å². The molecule has 6 nitrogen and oxygen atoms in total. The summed E-state index contributed by atoms with van der Waals surface area (Å²) in [4.78, 5) is 33.5. The molecule has 0 radical (unpaired) electrons. The number of esters is 3. The van der Waals surface area contributed by atoms with E-state index in [0.29, 0.717) is 6.61 Å². The van der Waals surface area contributed by atoms with Crippen molar-refractivity contribution < 1.29 is 28.6 Å². The summed E-state index contributed by atoms with van der Waals surface area (Å²) in [5.41, 5.74) is 0. The largest absolute Gasteiger partial charge is 0.468 e. The molecule has 0 saturated carbocycles. The van der Waals surface area contributed by atoms with Crippen LogP contribution in [0.25, 0.3) is 0 Å². The molecule has 0 bridgehead atoms. The molecular formula is C11H18O6S2. The molecule has 0 rings (SSSR count). The van der Waals surface area contributed by atoms with Crippen molar-refractivity contribution in [2.75, 3.05) is 32.3 Å². The number of thioether (sulfide) groups is 2. The lowest BCUT2D eigenvalue weighted by Crippen LogP contribution is -2.16. The van der Waals surface area contributed by atoms with Crippen LogP contribution in [0.5, 0.6) is 0 Å². The van der Waals surface area contributed by atoms with Gasteiger partial charge in [-0.25, -0.2) is 0 Å². The first-order chi connectivity index (χ1) is 9.03. The summed E-state index contributed by atoms with van der Waals surface area (Å²) in [6.45, 7) is 2.02. The third-order valence-electron chi connectivity index (χ3n) is 1.87. The van der Waals surface area contributed by atoms with Gasteiger partial charge in [-0.3, -0.25) is 14.4 Å². The van der Waals surface area contributed by atoms with Crippen molar-refractivity contribution in [1.29, 1.82) is 0 Å². The first kappa shape index (κ1) is 18.1. The third kappa shape index (κ3) is 9.66. The van der Waals surface area contributed by atoms with Gasteiger partial charge in [-0.15, -0.1) is 23.5 Å². The van der Waals surface area contributed by atoms with Gasteiger partial charge in [-0.2, -0.15) is 0 Å². The minimum absolute atomic E-state index is 0.120. The molecule has 0 amide bonds. The van der Waals surface area contributed by atoms with E-state index in [1.165, 1.54) is 37.7 Å². The van der Waals surface area contributed by atoms with Crippen LogP contribution in [0.15, 0.2) is 0 Å². The lowest BCUT2D eigenvalue weighted by Gasteiger charge is -2.14. The molecule has 0 fully saturated rings. The van der Waals surface area contributed by atoms with E-state index in [9.17, 15) is 14.4 Å². The Hall–Kier alpha value is -0.890. The Labute approximate surface area is 120 Å². The number of rotatable bonds is 9. The minimum atomic E-state index is -0.377. The standard InChI is InChI=1S/C11H18O6S2/c1-4-17-8(12)5-11(18-6-9(13)15-2)19-7-10(14)16-3/h11H,4-7H2,1-3H3. The summed E-state index contributed by atoms with van der Waals surface area (Å²) < 4.78 is 13.6. The topological polar surface area (TPSA) is 78.9 Å². The maximum atomic E-state index is 11.4. The van der Waals surface area contributed by atoms with Crippen molar-refractivity contribution in [3.8, 4) is 0 Å². The summed E-state index contributed by atoms with van der Waals surface area (Å²) in [7, 11) is 2.59. The van der Waals surface area contributed by atoms with Crippen LogP contribution in [0.2, 0.25) is 0 Å². The van der Waals surface area contributed by atoms with Crippen LogP contribution in [0.1, 0.15) is 13.3 Å². The van der Waals surface area contributed by atoms with Crippen LogP contribution in [0, 0.1) is 0 Å². The van der Waals surface area contributed by atoms with Gasteiger partial charge < -0.3 is 14.2 Å². The zero-order valence-corrected chi connectivity index (χ0v) is 12.8. The molecule has 0 aliphatic heterocycles. The molecule has 110 valence electrons. The smallest absolute Gasteiger partial charge is 0.315 e. The van der Waals surface area contributed by atoms with E-state index >= 15 is 0 Å². The Balaban J connectivity index is 4.24. The molecule has 0 saturated heterocycles. The van der Waals surface area contributed by atoms with E-state index in [1.807, 2.05) is 0 Å². The predicted molar refractivity (Wildman–Crippen MR) is 74.0 cm³/mol. The molecule has 8 heteroatoms. The average Bonchev–Trinajstić information content (AvgIpc) is 2.41. The lowest BCUT2D eigenvalue weighted by atomic mass is 10.5. The molecule has 0 aliphatic rings.